The average Bonchev–Trinajstić information content (AvgIpc) is 2.40. The molecular weight excluding hydrogens is 240 g/mol. The van der Waals surface area contributed by atoms with Crippen LogP contribution in [0.25, 0.3) is 5.76 Å². The fourth-order valence-corrected chi connectivity index (χ4v) is 1.35. The Hall–Kier alpha value is -2.92. The molecule has 0 atom stereocenters. The van der Waals surface area contributed by atoms with Crippen LogP contribution in [0, 0.1) is 10.1 Å². The maximum atomic E-state index is 10.5. The highest BCUT2D eigenvalue weighted by Crippen LogP contribution is 2.26. The van der Waals surface area contributed by atoms with Crippen LogP contribution in [-0.4, -0.2) is 11.0 Å². The molecule has 0 saturated heterocycles. The summed E-state index contributed by atoms with van der Waals surface area (Å²) in [5.74, 6) is 0.191. The largest absolute Gasteiger partial charge is 0.298 e. The van der Waals surface area contributed by atoms with E-state index >= 15 is 0 Å². The van der Waals surface area contributed by atoms with Crippen molar-refractivity contribution >= 4 is 17.5 Å². The Morgan fingerprint density at radius 1 is 1.28 bits per heavy atom. The van der Waals surface area contributed by atoms with Gasteiger partial charge in [0.15, 0.2) is 0 Å². The zero-order valence-corrected chi connectivity index (χ0v) is 8.90. The Morgan fingerprint density at radius 2 is 2.00 bits per heavy atom. The first-order valence-corrected chi connectivity index (χ1v) is 4.79. The van der Waals surface area contributed by atoms with E-state index in [1.807, 2.05) is 0 Å². The van der Waals surface area contributed by atoms with Gasteiger partial charge < -0.3 is 0 Å². The first kappa shape index (κ1) is 11.6. The van der Waals surface area contributed by atoms with Gasteiger partial charge in [0.05, 0.1) is 4.92 Å². The van der Waals surface area contributed by atoms with Crippen molar-refractivity contribution in [1.29, 1.82) is 0 Å². The molecule has 90 valence electrons. The number of nitro benzene ring substituents is 1. The Morgan fingerprint density at radius 3 is 2.61 bits per heavy atom. The number of hydrogen-bond donors (Lipinski definition) is 0. The summed E-state index contributed by atoms with van der Waals surface area (Å²) in [6.45, 7) is 0. The molecule has 1 heterocycles. The fraction of sp³-hybridized carbons (Fsp3) is 0. The summed E-state index contributed by atoms with van der Waals surface area (Å²) in [6, 6.07) is 5.56. The lowest BCUT2D eigenvalue weighted by atomic mass is 10.1. The summed E-state index contributed by atoms with van der Waals surface area (Å²) in [6.07, 6.45) is 4.02. The van der Waals surface area contributed by atoms with Crippen molar-refractivity contribution in [2.75, 3.05) is 0 Å². The lowest BCUT2D eigenvalue weighted by Crippen LogP contribution is -1.99. The van der Waals surface area contributed by atoms with E-state index in [9.17, 15) is 14.9 Å². The van der Waals surface area contributed by atoms with E-state index < -0.39 is 4.92 Å². The second kappa shape index (κ2) is 4.94. The van der Waals surface area contributed by atoms with Crippen LogP contribution in [0.2, 0.25) is 0 Å². The molecule has 1 aliphatic heterocycles. The highest BCUT2D eigenvalue weighted by molar-refractivity contribution is 5.67. The third-order valence-corrected chi connectivity index (χ3v) is 2.15. The second-order valence-electron chi connectivity index (χ2n) is 3.20. The zero-order valence-electron chi connectivity index (χ0n) is 8.90. The van der Waals surface area contributed by atoms with Gasteiger partial charge in [0.2, 0.25) is 11.8 Å². The Balaban J connectivity index is 2.43. The Kier molecular flexibility index (Phi) is 3.17. The van der Waals surface area contributed by atoms with Crippen LogP contribution >= 0.6 is 0 Å². The molecule has 7 heteroatoms. The van der Waals surface area contributed by atoms with Crippen LogP contribution in [0.5, 0.6) is 0 Å². The summed E-state index contributed by atoms with van der Waals surface area (Å²) in [7, 11) is 0. The summed E-state index contributed by atoms with van der Waals surface area (Å²) in [5, 5.41) is 10.5. The number of aliphatic imine (C=N–C) groups is 1. The SMILES string of the molecule is O=C=NC1=C(c2ccc([N+](=O)[O-])cc2)OOC=C1. The van der Waals surface area contributed by atoms with Crippen molar-refractivity contribution in [1.82, 2.24) is 0 Å². The van der Waals surface area contributed by atoms with Gasteiger partial charge in [-0.15, -0.1) is 0 Å². The summed E-state index contributed by atoms with van der Waals surface area (Å²) < 4.78 is 0. The second-order valence-corrected chi connectivity index (χ2v) is 3.20. The quantitative estimate of drug-likeness (QED) is 0.267. The number of allylic oxidation sites excluding steroid dienone is 1. The number of non-ortho nitro benzene ring substituents is 1. The Bertz CT molecular complexity index is 582. The van der Waals surface area contributed by atoms with Crippen molar-refractivity contribution in [3.63, 3.8) is 0 Å². The third kappa shape index (κ3) is 2.26. The van der Waals surface area contributed by atoms with Gasteiger partial charge in [-0.25, -0.2) is 4.79 Å². The molecule has 0 radical (unpaired) electrons. The molecular formula is C11H6N2O5. The van der Waals surface area contributed by atoms with Crippen LogP contribution in [0.1, 0.15) is 5.56 Å². The standard InChI is InChI=1S/C11H6N2O5/c14-7-12-10-5-6-17-18-11(10)8-1-3-9(4-2-8)13(15)16/h1-6H. The van der Waals surface area contributed by atoms with Gasteiger partial charge in [0.1, 0.15) is 12.0 Å². The van der Waals surface area contributed by atoms with E-state index in [4.69, 9.17) is 4.89 Å². The van der Waals surface area contributed by atoms with Gasteiger partial charge >= 0.3 is 0 Å². The van der Waals surface area contributed by atoms with Gasteiger partial charge in [0, 0.05) is 23.8 Å². The van der Waals surface area contributed by atoms with Crippen LogP contribution in [0.4, 0.5) is 5.69 Å². The zero-order chi connectivity index (χ0) is 13.0. The average molecular weight is 246 g/mol. The number of carbonyl (C=O) groups excluding carboxylic acids is 1. The number of benzene rings is 1. The maximum Gasteiger partial charge on any atom is 0.269 e. The monoisotopic (exact) mass is 246 g/mol. The number of nitrogens with zero attached hydrogens (tertiary/aromatic N) is 2. The summed E-state index contributed by atoms with van der Waals surface area (Å²) in [4.78, 5) is 33.2. The number of isocyanates is 1. The predicted molar refractivity (Wildman–Crippen MR) is 59.4 cm³/mol. The lowest BCUT2D eigenvalue weighted by molar-refractivity contribution is -0.384. The minimum Gasteiger partial charge on any atom is -0.298 e. The first-order valence-electron chi connectivity index (χ1n) is 4.79. The van der Waals surface area contributed by atoms with E-state index in [1.165, 1.54) is 42.7 Å². The van der Waals surface area contributed by atoms with E-state index in [1.54, 1.807) is 0 Å². The van der Waals surface area contributed by atoms with Gasteiger partial charge in [-0.3, -0.25) is 19.9 Å². The smallest absolute Gasteiger partial charge is 0.269 e. The summed E-state index contributed by atoms with van der Waals surface area (Å²) in [5.41, 5.74) is 0.677. The van der Waals surface area contributed by atoms with Crippen molar-refractivity contribution in [2.45, 2.75) is 0 Å². The molecule has 1 aromatic rings. The Labute approximate surface area is 101 Å². The number of nitro groups is 1. The molecule has 0 aliphatic carbocycles. The van der Waals surface area contributed by atoms with Gasteiger partial charge in [-0.1, -0.05) is 0 Å². The lowest BCUT2D eigenvalue weighted by Gasteiger charge is -2.11. The molecule has 1 aliphatic rings. The molecule has 0 saturated carbocycles. The number of hydrogen-bond acceptors (Lipinski definition) is 6. The van der Waals surface area contributed by atoms with Gasteiger partial charge in [-0.05, 0) is 12.1 Å². The minimum atomic E-state index is -0.513. The minimum absolute atomic E-state index is 0.0490. The van der Waals surface area contributed by atoms with E-state index in [0.717, 1.165) is 0 Å². The molecule has 0 N–H and O–H groups in total. The molecule has 0 amide bonds. The normalized spacial score (nSPS) is 13.3. The van der Waals surface area contributed by atoms with Crippen LogP contribution in [0.15, 0.2) is 47.3 Å². The van der Waals surface area contributed by atoms with Crippen molar-refractivity contribution in [2.24, 2.45) is 4.99 Å². The van der Waals surface area contributed by atoms with Crippen molar-refractivity contribution in [3.8, 4) is 0 Å². The van der Waals surface area contributed by atoms with E-state index in [0.29, 0.717) is 5.56 Å². The van der Waals surface area contributed by atoms with Crippen molar-refractivity contribution < 1.29 is 19.5 Å². The molecule has 7 nitrogen and oxygen atoms in total. The van der Waals surface area contributed by atoms with Crippen molar-refractivity contribution in [3.05, 3.63) is 58.0 Å². The molecule has 0 spiro atoms. The predicted octanol–water partition coefficient (Wildman–Crippen LogP) is 2.07. The van der Waals surface area contributed by atoms with Crippen LogP contribution < -0.4 is 0 Å². The third-order valence-electron chi connectivity index (χ3n) is 2.15. The van der Waals surface area contributed by atoms with Crippen LogP contribution in [-0.2, 0) is 14.6 Å². The van der Waals surface area contributed by atoms with Crippen LogP contribution in [0.3, 0.4) is 0 Å². The molecule has 18 heavy (non-hydrogen) atoms. The highest BCUT2D eigenvalue weighted by Gasteiger charge is 2.15. The maximum absolute atomic E-state index is 10.5. The molecule has 1 aromatic carbocycles. The molecule has 0 unspecified atom stereocenters. The van der Waals surface area contributed by atoms with Gasteiger partial charge in [-0.2, -0.15) is 4.99 Å². The number of rotatable bonds is 3. The molecule has 0 aromatic heterocycles. The van der Waals surface area contributed by atoms with E-state index in [-0.39, 0.29) is 17.1 Å². The topological polar surface area (TPSA) is 91.0 Å². The molecule has 0 fully saturated rings. The van der Waals surface area contributed by atoms with E-state index in [2.05, 4.69) is 9.88 Å². The molecule has 0 bridgehead atoms. The highest BCUT2D eigenvalue weighted by atomic mass is 17.2. The van der Waals surface area contributed by atoms with Gasteiger partial charge in [0.25, 0.3) is 5.69 Å². The first-order chi connectivity index (χ1) is 8.72. The fourth-order valence-electron chi connectivity index (χ4n) is 1.35. The summed E-state index contributed by atoms with van der Waals surface area (Å²) >= 11 is 0. The molecule has 2 rings (SSSR count).